The summed E-state index contributed by atoms with van der Waals surface area (Å²) in [6.45, 7) is 2.91. The Morgan fingerprint density at radius 3 is 2.17 bits per heavy atom. The second kappa shape index (κ2) is 10.3. The van der Waals surface area contributed by atoms with Gasteiger partial charge in [-0.25, -0.2) is 8.42 Å². The first-order chi connectivity index (χ1) is 13.7. The smallest absolute Gasteiger partial charge is 0.243 e. The maximum absolute atomic E-state index is 12.5. The van der Waals surface area contributed by atoms with E-state index < -0.39 is 16.1 Å². The van der Waals surface area contributed by atoms with E-state index in [0.29, 0.717) is 23.7 Å². The minimum absolute atomic E-state index is 0.334. The summed E-state index contributed by atoms with van der Waals surface area (Å²) in [6.07, 6.45) is 1.88. The molecule has 0 aliphatic carbocycles. The Bertz CT molecular complexity index is 884. The lowest BCUT2D eigenvalue weighted by Crippen LogP contribution is -2.48. The minimum atomic E-state index is -3.65. The second-order valence-electron chi connectivity index (χ2n) is 7.09. The highest BCUT2D eigenvalue weighted by Gasteiger charge is 2.28. The van der Waals surface area contributed by atoms with Crippen LogP contribution in [0.5, 0.6) is 11.5 Å². The molecule has 0 heterocycles. The van der Waals surface area contributed by atoms with Gasteiger partial charge in [-0.15, -0.1) is 0 Å². The van der Waals surface area contributed by atoms with E-state index in [2.05, 4.69) is 5.32 Å². The molecule has 0 aliphatic rings. The SMILES string of the molecule is CC(C(=O)NCCCN(C)C)N(c1ccc(Oc2ccccc2)cc1)S(C)(=O)=O. The Balaban J connectivity index is 2.10. The number of nitrogens with zero attached hydrogens (tertiary/aromatic N) is 2. The molecule has 2 rings (SSSR count). The molecular weight excluding hydrogens is 390 g/mol. The number of hydrogen-bond donors (Lipinski definition) is 1. The molecule has 2 aromatic carbocycles. The summed E-state index contributed by atoms with van der Waals surface area (Å²) in [5, 5.41) is 2.81. The van der Waals surface area contributed by atoms with Crippen LogP contribution in [0.4, 0.5) is 5.69 Å². The van der Waals surface area contributed by atoms with Crippen molar-refractivity contribution in [3.05, 3.63) is 54.6 Å². The van der Waals surface area contributed by atoms with E-state index >= 15 is 0 Å². The maximum atomic E-state index is 12.5. The van der Waals surface area contributed by atoms with Crippen LogP contribution < -0.4 is 14.4 Å². The van der Waals surface area contributed by atoms with Crippen molar-refractivity contribution < 1.29 is 17.9 Å². The first kappa shape index (κ1) is 22.7. The average Bonchev–Trinajstić information content (AvgIpc) is 2.66. The lowest BCUT2D eigenvalue weighted by Gasteiger charge is -2.28. The van der Waals surface area contributed by atoms with Gasteiger partial charge in [0.05, 0.1) is 11.9 Å². The van der Waals surface area contributed by atoms with Crippen molar-refractivity contribution in [2.24, 2.45) is 0 Å². The molecule has 29 heavy (non-hydrogen) atoms. The molecule has 8 heteroatoms. The summed E-state index contributed by atoms with van der Waals surface area (Å²) >= 11 is 0. The van der Waals surface area contributed by atoms with E-state index in [4.69, 9.17) is 4.74 Å². The monoisotopic (exact) mass is 419 g/mol. The minimum Gasteiger partial charge on any atom is -0.457 e. The molecule has 0 spiro atoms. The molecule has 0 fully saturated rings. The highest BCUT2D eigenvalue weighted by Crippen LogP contribution is 2.26. The number of anilines is 1. The summed E-state index contributed by atoms with van der Waals surface area (Å²) in [6, 6.07) is 15.1. The van der Waals surface area contributed by atoms with Gasteiger partial charge in [-0.1, -0.05) is 18.2 Å². The molecule has 0 aromatic heterocycles. The van der Waals surface area contributed by atoms with Crippen molar-refractivity contribution in [3.63, 3.8) is 0 Å². The van der Waals surface area contributed by atoms with Crippen LogP contribution >= 0.6 is 0 Å². The van der Waals surface area contributed by atoms with Gasteiger partial charge in [0.25, 0.3) is 0 Å². The fourth-order valence-electron chi connectivity index (χ4n) is 2.85. The fraction of sp³-hybridized carbons (Fsp3) is 0.381. The van der Waals surface area contributed by atoms with Crippen LogP contribution in [0.15, 0.2) is 54.6 Å². The van der Waals surface area contributed by atoms with Crippen LogP contribution in [-0.4, -0.2) is 58.7 Å². The van der Waals surface area contributed by atoms with Gasteiger partial charge >= 0.3 is 0 Å². The highest BCUT2D eigenvalue weighted by molar-refractivity contribution is 7.92. The summed E-state index contributed by atoms with van der Waals surface area (Å²) < 4.78 is 31.6. The highest BCUT2D eigenvalue weighted by atomic mass is 32.2. The Labute approximate surface area is 173 Å². The molecule has 0 saturated heterocycles. The van der Waals surface area contributed by atoms with E-state index in [9.17, 15) is 13.2 Å². The van der Waals surface area contributed by atoms with Crippen molar-refractivity contribution >= 4 is 21.6 Å². The maximum Gasteiger partial charge on any atom is 0.243 e. The first-order valence-electron chi connectivity index (χ1n) is 9.43. The number of sulfonamides is 1. The third-order valence-electron chi connectivity index (χ3n) is 4.24. The van der Waals surface area contributed by atoms with Crippen LogP contribution in [0, 0.1) is 0 Å². The van der Waals surface area contributed by atoms with Gasteiger partial charge < -0.3 is 15.0 Å². The Kier molecular flexibility index (Phi) is 8.04. The molecule has 1 unspecified atom stereocenters. The average molecular weight is 420 g/mol. The van der Waals surface area contributed by atoms with Crippen LogP contribution in [0.2, 0.25) is 0 Å². The zero-order valence-corrected chi connectivity index (χ0v) is 18.1. The van der Waals surface area contributed by atoms with E-state index in [-0.39, 0.29) is 5.91 Å². The molecule has 1 atom stereocenters. The number of carbonyl (C=O) groups excluding carboxylic acids is 1. The summed E-state index contributed by atoms with van der Waals surface area (Å²) in [7, 11) is 0.264. The molecule has 0 radical (unpaired) electrons. The van der Waals surface area contributed by atoms with Gasteiger partial charge in [0, 0.05) is 6.54 Å². The Morgan fingerprint density at radius 1 is 1.03 bits per heavy atom. The zero-order valence-electron chi connectivity index (χ0n) is 17.3. The molecule has 1 amide bonds. The van der Waals surface area contributed by atoms with E-state index in [1.807, 2.05) is 49.3 Å². The van der Waals surface area contributed by atoms with E-state index in [0.717, 1.165) is 23.5 Å². The predicted molar refractivity (Wildman–Crippen MR) is 116 cm³/mol. The summed E-state index contributed by atoms with van der Waals surface area (Å²) in [5.41, 5.74) is 0.406. The van der Waals surface area contributed by atoms with Crippen molar-refractivity contribution in [3.8, 4) is 11.5 Å². The van der Waals surface area contributed by atoms with Crippen molar-refractivity contribution in [1.29, 1.82) is 0 Å². The third kappa shape index (κ3) is 7.07. The molecule has 7 nitrogen and oxygen atoms in total. The van der Waals surface area contributed by atoms with Crippen LogP contribution in [0.1, 0.15) is 13.3 Å². The van der Waals surface area contributed by atoms with Gasteiger partial charge in [0.1, 0.15) is 17.5 Å². The Hall–Kier alpha value is -2.58. The van der Waals surface area contributed by atoms with Gasteiger partial charge in [0.15, 0.2) is 0 Å². The quantitative estimate of drug-likeness (QED) is 0.599. The summed E-state index contributed by atoms with van der Waals surface area (Å²) in [4.78, 5) is 14.5. The van der Waals surface area contributed by atoms with Gasteiger partial charge in [-0.05, 0) is 70.4 Å². The van der Waals surface area contributed by atoms with Gasteiger partial charge in [-0.3, -0.25) is 9.10 Å². The lowest BCUT2D eigenvalue weighted by molar-refractivity contribution is -0.121. The van der Waals surface area contributed by atoms with Gasteiger partial charge in [0.2, 0.25) is 15.9 Å². The van der Waals surface area contributed by atoms with Crippen molar-refractivity contribution in [2.75, 3.05) is 37.7 Å². The normalized spacial score (nSPS) is 12.4. The zero-order chi connectivity index (χ0) is 21.4. The third-order valence-corrected chi connectivity index (χ3v) is 5.48. The number of ether oxygens (including phenoxy) is 1. The van der Waals surface area contributed by atoms with Crippen LogP contribution in [0.3, 0.4) is 0 Å². The molecule has 1 N–H and O–H groups in total. The van der Waals surface area contributed by atoms with Crippen LogP contribution in [0.25, 0.3) is 0 Å². The fourth-order valence-corrected chi connectivity index (χ4v) is 4.02. The molecule has 158 valence electrons. The largest absolute Gasteiger partial charge is 0.457 e. The first-order valence-corrected chi connectivity index (χ1v) is 11.3. The molecule has 0 bridgehead atoms. The molecule has 0 aliphatic heterocycles. The van der Waals surface area contributed by atoms with Crippen molar-refractivity contribution in [2.45, 2.75) is 19.4 Å². The van der Waals surface area contributed by atoms with Crippen molar-refractivity contribution in [1.82, 2.24) is 10.2 Å². The topological polar surface area (TPSA) is 79.0 Å². The number of carbonyl (C=O) groups is 1. The van der Waals surface area contributed by atoms with E-state index in [1.54, 1.807) is 31.2 Å². The van der Waals surface area contributed by atoms with E-state index in [1.165, 1.54) is 0 Å². The molecular formula is C21H29N3O4S. The molecule has 2 aromatic rings. The summed E-state index contributed by atoms with van der Waals surface area (Å²) in [5.74, 6) is 0.929. The van der Waals surface area contributed by atoms with Crippen LogP contribution in [-0.2, 0) is 14.8 Å². The number of rotatable bonds is 10. The lowest BCUT2D eigenvalue weighted by atomic mass is 10.2. The Morgan fingerprint density at radius 2 is 1.62 bits per heavy atom. The number of benzene rings is 2. The number of nitrogens with one attached hydrogen (secondary N) is 1. The standard InChI is InChI=1S/C21H29N3O4S/c1-17(21(25)22-15-8-16-23(2)3)24(29(4,26)27)18-11-13-20(14-12-18)28-19-9-6-5-7-10-19/h5-7,9-14,17H,8,15-16H2,1-4H3,(H,22,25). The second-order valence-corrected chi connectivity index (χ2v) is 8.95. The number of hydrogen-bond acceptors (Lipinski definition) is 5. The predicted octanol–water partition coefficient (Wildman–Crippen LogP) is 2.70. The van der Waals surface area contributed by atoms with Gasteiger partial charge in [-0.2, -0.15) is 0 Å². The number of amides is 1. The molecule has 0 saturated carbocycles. The number of para-hydroxylation sites is 1.